The second-order valence-corrected chi connectivity index (χ2v) is 5.68. The minimum atomic E-state index is -0.303. The van der Waals surface area contributed by atoms with E-state index in [-0.39, 0.29) is 11.7 Å². The van der Waals surface area contributed by atoms with E-state index in [0.717, 1.165) is 12.0 Å². The van der Waals surface area contributed by atoms with Gasteiger partial charge in [-0.05, 0) is 54.4 Å². The Balaban J connectivity index is 1.61. The van der Waals surface area contributed by atoms with Gasteiger partial charge in [-0.15, -0.1) is 0 Å². The lowest BCUT2D eigenvalue weighted by Gasteiger charge is -2.01. The molecule has 124 valence electrons. The highest BCUT2D eigenvalue weighted by molar-refractivity contribution is 6.03. The van der Waals surface area contributed by atoms with Crippen LogP contribution in [0.15, 0.2) is 69.7 Å². The Morgan fingerprint density at radius 2 is 1.96 bits per heavy atom. The Bertz CT molecular complexity index is 1010. The highest BCUT2D eigenvalue weighted by Gasteiger charge is 2.12. The van der Waals surface area contributed by atoms with Gasteiger partial charge in [0.25, 0.3) is 5.91 Å². The van der Waals surface area contributed by atoms with Crippen molar-refractivity contribution < 1.29 is 13.6 Å². The van der Waals surface area contributed by atoms with Gasteiger partial charge in [-0.1, -0.05) is 19.1 Å². The van der Waals surface area contributed by atoms with E-state index in [0.29, 0.717) is 22.7 Å². The van der Waals surface area contributed by atoms with Crippen LogP contribution in [0.3, 0.4) is 0 Å². The van der Waals surface area contributed by atoms with Crippen molar-refractivity contribution >= 4 is 22.7 Å². The molecule has 4 rings (SSSR count). The third-order valence-electron chi connectivity index (χ3n) is 4.00. The summed E-state index contributed by atoms with van der Waals surface area (Å²) in [4.78, 5) is 16.6. The predicted molar refractivity (Wildman–Crippen MR) is 95.5 cm³/mol. The fraction of sp³-hybridized carbons (Fsp3) is 0.100. The van der Waals surface area contributed by atoms with Crippen molar-refractivity contribution in [3.8, 4) is 11.5 Å². The van der Waals surface area contributed by atoms with E-state index in [4.69, 9.17) is 8.83 Å². The van der Waals surface area contributed by atoms with Gasteiger partial charge in [-0.3, -0.25) is 4.79 Å². The zero-order chi connectivity index (χ0) is 17.2. The summed E-state index contributed by atoms with van der Waals surface area (Å²) >= 11 is 0. The number of nitrogens with zero attached hydrogens (tertiary/aromatic N) is 1. The number of hydrogen-bond donors (Lipinski definition) is 1. The number of aryl methyl sites for hydroxylation is 1. The molecule has 0 unspecified atom stereocenters. The highest BCUT2D eigenvalue weighted by Crippen LogP contribution is 2.26. The second-order valence-electron chi connectivity index (χ2n) is 5.68. The van der Waals surface area contributed by atoms with Gasteiger partial charge in [0.15, 0.2) is 11.3 Å². The minimum Gasteiger partial charge on any atom is -0.459 e. The van der Waals surface area contributed by atoms with Gasteiger partial charge >= 0.3 is 0 Å². The van der Waals surface area contributed by atoms with Crippen LogP contribution in [0.2, 0.25) is 0 Å². The molecule has 1 N–H and O–H groups in total. The molecule has 5 nitrogen and oxygen atoms in total. The first-order valence-electron chi connectivity index (χ1n) is 8.07. The molecule has 2 heterocycles. The van der Waals surface area contributed by atoms with Crippen molar-refractivity contribution in [3.05, 3.63) is 72.2 Å². The summed E-state index contributed by atoms with van der Waals surface area (Å²) in [5.41, 5.74) is 4.19. The molecule has 0 saturated heterocycles. The molecule has 5 heteroatoms. The van der Waals surface area contributed by atoms with Crippen molar-refractivity contribution in [3.63, 3.8) is 0 Å². The average Bonchev–Trinajstić information content (AvgIpc) is 3.31. The molecule has 0 bridgehead atoms. The first kappa shape index (κ1) is 15.2. The fourth-order valence-corrected chi connectivity index (χ4v) is 2.61. The number of nitrogens with one attached hydrogen (secondary N) is 1. The third-order valence-corrected chi connectivity index (χ3v) is 4.00. The number of carbonyl (C=O) groups excluding carboxylic acids is 1. The summed E-state index contributed by atoms with van der Waals surface area (Å²) in [5.74, 6) is 0.521. The Morgan fingerprint density at radius 1 is 1.12 bits per heavy atom. The van der Waals surface area contributed by atoms with Gasteiger partial charge in [0.1, 0.15) is 5.52 Å². The molecule has 0 aliphatic heterocycles. The molecule has 0 atom stereocenters. The van der Waals surface area contributed by atoms with Crippen LogP contribution in [0, 0.1) is 0 Å². The number of fused-ring (bicyclic) bond motifs is 1. The molecule has 0 aliphatic rings. The minimum absolute atomic E-state index is 0.261. The van der Waals surface area contributed by atoms with Gasteiger partial charge in [0.2, 0.25) is 5.89 Å². The van der Waals surface area contributed by atoms with E-state index in [1.165, 1.54) is 11.8 Å². The smallest absolute Gasteiger partial charge is 0.291 e. The Hall–Kier alpha value is -3.34. The zero-order valence-electron chi connectivity index (χ0n) is 13.7. The van der Waals surface area contributed by atoms with E-state index in [2.05, 4.69) is 29.4 Å². The number of aromatic nitrogens is 1. The topological polar surface area (TPSA) is 68.3 Å². The van der Waals surface area contributed by atoms with Crippen LogP contribution in [0.25, 0.3) is 22.6 Å². The van der Waals surface area contributed by atoms with Crippen LogP contribution in [-0.2, 0) is 6.42 Å². The number of anilines is 1. The van der Waals surface area contributed by atoms with Gasteiger partial charge < -0.3 is 14.2 Å². The molecule has 1 amide bonds. The van der Waals surface area contributed by atoms with Gasteiger partial charge in [0, 0.05) is 11.3 Å². The van der Waals surface area contributed by atoms with Crippen molar-refractivity contribution in [2.45, 2.75) is 13.3 Å². The summed E-state index contributed by atoms with van der Waals surface area (Å²) in [5, 5.41) is 2.79. The Labute approximate surface area is 144 Å². The second kappa shape index (κ2) is 6.28. The van der Waals surface area contributed by atoms with Crippen LogP contribution in [0.1, 0.15) is 23.0 Å². The Morgan fingerprint density at radius 3 is 2.68 bits per heavy atom. The first-order valence-corrected chi connectivity index (χ1v) is 8.07. The molecule has 0 radical (unpaired) electrons. The predicted octanol–water partition coefficient (Wildman–Crippen LogP) is 4.90. The maximum Gasteiger partial charge on any atom is 0.291 e. The number of benzene rings is 2. The molecule has 25 heavy (non-hydrogen) atoms. The number of furan rings is 1. The quantitative estimate of drug-likeness (QED) is 0.577. The molecule has 0 saturated carbocycles. The van der Waals surface area contributed by atoms with E-state index in [1.54, 1.807) is 30.3 Å². The summed E-state index contributed by atoms with van der Waals surface area (Å²) in [6, 6.07) is 16.8. The van der Waals surface area contributed by atoms with Crippen LogP contribution in [-0.4, -0.2) is 10.9 Å². The van der Waals surface area contributed by atoms with Crippen LogP contribution < -0.4 is 5.32 Å². The average molecular weight is 332 g/mol. The maximum atomic E-state index is 12.0. The lowest BCUT2D eigenvalue weighted by molar-refractivity contribution is 0.0996. The van der Waals surface area contributed by atoms with E-state index in [1.807, 2.05) is 12.1 Å². The van der Waals surface area contributed by atoms with E-state index >= 15 is 0 Å². The van der Waals surface area contributed by atoms with Gasteiger partial charge in [-0.25, -0.2) is 4.98 Å². The summed E-state index contributed by atoms with van der Waals surface area (Å²) in [6.07, 6.45) is 2.46. The molecular weight excluding hydrogens is 316 g/mol. The largest absolute Gasteiger partial charge is 0.459 e. The zero-order valence-corrected chi connectivity index (χ0v) is 13.7. The molecule has 0 fully saturated rings. The number of hydrogen-bond acceptors (Lipinski definition) is 4. The van der Waals surface area contributed by atoms with Crippen LogP contribution in [0.5, 0.6) is 0 Å². The monoisotopic (exact) mass is 332 g/mol. The maximum absolute atomic E-state index is 12.0. The van der Waals surface area contributed by atoms with Crippen LogP contribution in [0.4, 0.5) is 5.69 Å². The molecule has 0 aliphatic carbocycles. The third kappa shape index (κ3) is 3.04. The molecule has 0 spiro atoms. The lowest BCUT2D eigenvalue weighted by atomic mass is 10.1. The molecule has 2 aromatic heterocycles. The standard InChI is InChI=1S/C20H16N2O3/c1-2-13-5-7-14(8-6-13)20-22-16-12-15(9-10-17(16)25-20)21-19(23)18-4-3-11-24-18/h3-12H,2H2,1H3,(H,21,23). The summed E-state index contributed by atoms with van der Waals surface area (Å²) < 4.78 is 10.9. The number of amides is 1. The Kier molecular flexibility index (Phi) is 3.82. The fourth-order valence-electron chi connectivity index (χ4n) is 2.61. The number of rotatable bonds is 4. The number of oxazole rings is 1. The summed E-state index contributed by atoms with van der Waals surface area (Å²) in [7, 11) is 0. The van der Waals surface area contributed by atoms with Crippen molar-refractivity contribution in [2.75, 3.05) is 5.32 Å². The van der Waals surface area contributed by atoms with Crippen LogP contribution >= 0.6 is 0 Å². The van der Waals surface area contributed by atoms with Crippen molar-refractivity contribution in [1.82, 2.24) is 4.98 Å². The van der Waals surface area contributed by atoms with Gasteiger partial charge in [0.05, 0.1) is 6.26 Å². The van der Waals surface area contributed by atoms with E-state index in [9.17, 15) is 4.79 Å². The van der Waals surface area contributed by atoms with E-state index < -0.39 is 0 Å². The summed E-state index contributed by atoms with van der Waals surface area (Å²) in [6.45, 7) is 2.12. The SMILES string of the molecule is CCc1ccc(-c2nc3cc(NC(=O)c4ccco4)ccc3o2)cc1. The van der Waals surface area contributed by atoms with Crippen molar-refractivity contribution in [2.24, 2.45) is 0 Å². The molecular formula is C20H16N2O3. The van der Waals surface area contributed by atoms with Crippen molar-refractivity contribution in [1.29, 1.82) is 0 Å². The highest BCUT2D eigenvalue weighted by atomic mass is 16.3. The number of carbonyl (C=O) groups is 1. The molecule has 4 aromatic rings. The normalized spacial score (nSPS) is 10.9. The lowest BCUT2D eigenvalue weighted by Crippen LogP contribution is -2.10. The van der Waals surface area contributed by atoms with Gasteiger partial charge in [-0.2, -0.15) is 0 Å². The molecule has 2 aromatic carbocycles. The first-order chi connectivity index (χ1) is 12.2.